The van der Waals surface area contributed by atoms with E-state index in [1.54, 1.807) is 0 Å². The van der Waals surface area contributed by atoms with E-state index in [1.807, 2.05) is 0 Å². The molecule has 0 atom stereocenters. The number of ether oxygens (including phenoxy) is 1. The van der Waals surface area contributed by atoms with Gasteiger partial charge < -0.3 is 4.74 Å². The van der Waals surface area contributed by atoms with Crippen molar-refractivity contribution in [3.05, 3.63) is 0 Å². The van der Waals surface area contributed by atoms with Crippen LogP contribution in [0, 0.1) is 0 Å². The zero-order valence-corrected chi connectivity index (χ0v) is 10.9. The van der Waals surface area contributed by atoms with Crippen molar-refractivity contribution in [2.75, 3.05) is 32.0 Å². The lowest BCUT2D eigenvalue weighted by Crippen LogP contribution is -2.21. The first kappa shape index (κ1) is 19.0. The summed E-state index contributed by atoms with van der Waals surface area (Å²) in [6, 6.07) is 0. The fourth-order valence-electron chi connectivity index (χ4n) is 0.686. The highest BCUT2D eigenvalue weighted by molar-refractivity contribution is 7.53. The van der Waals surface area contributed by atoms with Gasteiger partial charge in [0.15, 0.2) is 13.2 Å². The molecule has 12 heteroatoms. The largest absolute Gasteiger partial charge is 0.412 e. The predicted octanol–water partition coefficient (Wildman–Crippen LogP) is 3.55. The first-order chi connectivity index (χ1) is 8.47. The molecule has 0 saturated carbocycles. The molecule has 0 bridgehead atoms. The third-order valence-corrected chi connectivity index (χ3v) is 3.02. The number of halogens is 7. The number of alkyl halides is 7. The van der Waals surface area contributed by atoms with E-state index in [-0.39, 0.29) is 12.5 Å². The van der Waals surface area contributed by atoms with Gasteiger partial charge in [0, 0.05) is 5.88 Å². The second-order valence-electron chi connectivity index (χ2n) is 3.11. The van der Waals surface area contributed by atoms with E-state index in [0.717, 1.165) is 0 Å². The highest BCUT2D eigenvalue weighted by Crippen LogP contribution is 2.50. The summed E-state index contributed by atoms with van der Waals surface area (Å²) in [6.45, 7) is -4.24. The van der Waals surface area contributed by atoms with Gasteiger partial charge in [-0.2, -0.15) is 26.3 Å². The molecule has 0 aromatic heterocycles. The van der Waals surface area contributed by atoms with Gasteiger partial charge in [-0.15, -0.1) is 11.6 Å². The van der Waals surface area contributed by atoms with Gasteiger partial charge in [-0.1, -0.05) is 0 Å². The molecule has 4 nitrogen and oxygen atoms in total. The molecule has 0 amide bonds. The quantitative estimate of drug-likeness (QED) is 0.294. The van der Waals surface area contributed by atoms with Crippen LogP contribution in [0.15, 0.2) is 0 Å². The van der Waals surface area contributed by atoms with Gasteiger partial charge in [0.1, 0.15) is 6.35 Å². The lowest BCUT2D eigenvalue weighted by molar-refractivity contribution is -0.166. The summed E-state index contributed by atoms with van der Waals surface area (Å²) in [5, 5.41) is 0. The molecule has 0 rings (SSSR count). The maximum atomic E-state index is 11.9. The van der Waals surface area contributed by atoms with E-state index >= 15 is 0 Å². The monoisotopic (exact) mass is 338 g/mol. The van der Waals surface area contributed by atoms with Crippen molar-refractivity contribution < 1.29 is 44.7 Å². The van der Waals surface area contributed by atoms with Crippen LogP contribution in [-0.4, -0.2) is 44.4 Å². The van der Waals surface area contributed by atoms with Gasteiger partial charge in [-0.25, -0.2) is 0 Å². The zero-order valence-electron chi connectivity index (χ0n) is 9.26. The maximum absolute atomic E-state index is 11.9. The Hall–Kier alpha value is -0.0200. The highest BCUT2D eigenvalue weighted by atomic mass is 35.5. The number of hydrogen-bond donors (Lipinski definition) is 0. The topological polar surface area (TPSA) is 44.8 Å². The summed E-state index contributed by atoms with van der Waals surface area (Å²) >= 11 is 5.17. The summed E-state index contributed by atoms with van der Waals surface area (Å²) in [7, 11) is -4.66. The van der Waals surface area contributed by atoms with Crippen LogP contribution < -0.4 is 0 Å². The van der Waals surface area contributed by atoms with Crippen molar-refractivity contribution in [3.8, 4) is 0 Å². The lowest BCUT2D eigenvalue weighted by atomic mass is 10.7. The molecule has 116 valence electrons. The van der Waals surface area contributed by atoms with E-state index in [1.165, 1.54) is 0 Å². The average Bonchev–Trinajstić information content (AvgIpc) is 2.23. The molecular weight excluding hydrogens is 328 g/mol. The molecule has 0 saturated heterocycles. The van der Waals surface area contributed by atoms with Crippen LogP contribution in [0.4, 0.5) is 26.3 Å². The molecule has 0 radical (unpaired) electrons. The molecule has 0 aromatic rings. The maximum Gasteiger partial charge on any atom is 0.412 e. The molecule has 0 N–H and O–H groups in total. The first-order valence-corrected chi connectivity index (χ1v) is 6.89. The van der Waals surface area contributed by atoms with Crippen LogP contribution >= 0.6 is 19.2 Å². The van der Waals surface area contributed by atoms with Crippen LogP contribution in [0.3, 0.4) is 0 Å². The minimum absolute atomic E-state index is 0.0848. The van der Waals surface area contributed by atoms with Gasteiger partial charge in [0.2, 0.25) is 0 Å². The molecular formula is C7H10ClF6O4P. The van der Waals surface area contributed by atoms with Crippen molar-refractivity contribution in [1.82, 2.24) is 0 Å². The minimum atomic E-state index is -4.86. The molecule has 0 spiro atoms. The Balaban J connectivity index is 4.49. The minimum Gasteiger partial charge on any atom is -0.368 e. The van der Waals surface area contributed by atoms with Crippen molar-refractivity contribution >= 4 is 19.2 Å². The Morgan fingerprint density at radius 2 is 1.37 bits per heavy atom. The van der Waals surface area contributed by atoms with Crippen LogP contribution in [0.1, 0.15) is 0 Å². The van der Waals surface area contributed by atoms with Gasteiger partial charge in [0.05, 0.1) is 6.61 Å². The first-order valence-electron chi connectivity index (χ1n) is 4.63. The van der Waals surface area contributed by atoms with E-state index < -0.39 is 39.5 Å². The fourth-order valence-corrected chi connectivity index (χ4v) is 2.06. The van der Waals surface area contributed by atoms with Crippen LogP contribution in [0.2, 0.25) is 0 Å². The third-order valence-electron chi connectivity index (χ3n) is 1.32. The van der Waals surface area contributed by atoms with Gasteiger partial charge >= 0.3 is 19.9 Å². The van der Waals surface area contributed by atoms with Gasteiger partial charge in [-0.3, -0.25) is 13.6 Å². The van der Waals surface area contributed by atoms with Crippen LogP contribution in [-0.2, 0) is 18.3 Å². The van der Waals surface area contributed by atoms with Crippen LogP contribution in [0.25, 0.3) is 0 Å². The molecule has 0 unspecified atom stereocenters. The predicted molar refractivity (Wildman–Crippen MR) is 53.2 cm³/mol. The lowest BCUT2D eigenvalue weighted by Gasteiger charge is -2.20. The highest BCUT2D eigenvalue weighted by Gasteiger charge is 2.38. The molecule has 0 aliphatic heterocycles. The molecule has 0 heterocycles. The van der Waals surface area contributed by atoms with Gasteiger partial charge in [-0.05, 0) is 0 Å². The Bertz CT molecular complexity index is 285. The normalized spacial score (nSPS) is 13.8. The Morgan fingerprint density at radius 3 is 1.68 bits per heavy atom. The van der Waals surface area contributed by atoms with Crippen LogP contribution in [0.5, 0.6) is 0 Å². The molecule has 0 aliphatic rings. The zero-order chi connectivity index (χ0) is 15.2. The fraction of sp³-hybridized carbons (Fsp3) is 1.00. The second kappa shape index (κ2) is 7.68. The molecule has 0 fully saturated rings. The summed E-state index contributed by atoms with van der Waals surface area (Å²) < 4.78 is 95.0. The molecule has 19 heavy (non-hydrogen) atoms. The molecule has 0 aliphatic carbocycles. The summed E-state index contributed by atoms with van der Waals surface area (Å²) in [5.41, 5.74) is 0. The van der Waals surface area contributed by atoms with E-state index in [4.69, 9.17) is 11.6 Å². The van der Waals surface area contributed by atoms with Crippen molar-refractivity contribution in [3.63, 3.8) is 0 Å². The van der Waals surface area contributed by atoms with Gasteiger partial charge in [0.25, 0.3) is 0 Å². The van der Waals surface area contributed by atoms with E-state index in [0.29, 0.717) is 0 Å². The number of rotatable bonds is 8. The Morgan fingerprint density at radius 1 is 0.947 bits per heavy atom. The average molecular weight is 339 g/mol. The van der Waals surface area contributed by atoms with Crippen molar-refractivity contribution in [2.24, 2.45) is 0 Å². The smallest absolute Gasteiger partial charge is 0.368 e. The molecule has 0 aromatic carbocycles. The summed E-state index contributed by atoms with van der Waals surface area (Å²) in [6.07, 6.45) is -10.8. The van der Waals surface area contributed by atoms with E-state index in [2.05, 4.69) is 13.8 Å². The Kier molecular flexibility index (Phi) is 7.67. The van der Waals surface area contributed by atoms with Crippen molar-refractivity contribution in [1.29, 1.82) is 0 Å². The Labute approximate surface area is 109 Å². The summed E-state index contributed by atoms with van der Waals surface area (Å²) in [5.74, 6) is -0.0848. The SMILES string of the molecule is O=P(COCCCl)(OCC(F)(F)F)OCC(F)(F)F. The van der Waals surface area contributed by atoms with E-state index in [9.17, 15) is 30.9 Å². The van der Waals surface area contributed by atoms with Crippen molar-refractivity contribution in [2.45, 2.75) is 12.4 Å². The second-order valence-corrected chi connectivity index (χ2v) is 5.49. The summed E-state index contributed by atoms with van der Waals surface area (Å²) in [4.78, 5) is 0. The third kappa shape index (κ3) is 11.5. The number of hydrogen-bond acceptors (Lipinski definition) is 4. The standard InChI is InChI=1S/C7H10ClF6O4P/c8-1-2-16-5-19(15,17-3-6(9,10)11)18-4-7(12,13)14/h1-5H2.